The fourth-order valence-corrected chi connectivity index (χ4v) is 3.66. The van der Waals surface area contributed by atoms with Crippen molar-refractivity contribution in [1.29, 1.82) is 0 Å². The van der Waals surface area contributed by atoms with Crippen molar-refractivity contribution in [2.75, 3.05) is 0 Å². The van der Waals surface area contributed by atoms with Crippen LogP contribution in [0.25, 0.3) is 0 Å². The van der Waals surface area contributed by atoms with E-state index in [9.17, 15) is 0 Å². The van der Waals surface area contributed by atoms with Crippen molar-refractivity contribution in [2.24, 2.45) is 5.41 Å². The molecular weight excluding hydrogens is 347 g/mol. The van der Waals surface area contributed by atoms with E-state index in [1.165, 1.54) is 22.3 Å². The molecular formula is C19H26Cl2Ti. The third-order valence-corrected chi connectivity index (χ3v) is 4.91. The minimum atomic E-state index is 0. The smallest absolute Gasteiger partial charge is 1.00 e. The third kappa shape index (κ3) is 4.21. The molecule has 0 saturated heterocycles. The molecule has 0 aromatic heterocycles. The first-order chi connectivity index (χ1) is 8.93. The molecule has 0 radical (unpaired) electrons. The van der Waals surface area contributed by atoms with Gasteiger partial charge in [0.1, 0.15) is 0 Å². The van der Waals surface area contributed by atoms with Gasteiger partial charge in [0, 0.05) is 0 Å². The van der Waals surface area contributed by atoms with Gasteiger partial charge in [-0.15, -0.1) is 12.8 Å². The zero-order chi connectivity index (χ0) is 14.2. The predicted octanol–water partition coefficient (Wildman–Crippen LogP) is -0.262. The van der Waals surface area contributed by atoms with Gasteiger partial charge in [0.25, 0.3) is 0 Å². The molecule has 0 N–H and O–H groups in total. The molecule has 2 aliphatic carbocycles. The minimum Gasteiger partial charge on any atom is -1.00 e. The maximum absolute atomic E-state index is 3.54. The summed E-state index contributed by atoms with van der Waals surface area (Å²) < 4.78 is 0. The third-order valence-electron chi connectivity index (χ3n) is 4.91. The minimum absolute atomic E-state index is 0. The molecule has 0 aromatic carbocycles. The Labute approximate surface area is 164 Å². The van der Waals surface area contributed by atoms with Crippen molar-refractivity contribution in [3.05, 3.63) is 45.6 Å². The van der Waals surface area contributed by atoms with E-state index >= 15 is 0 Å². The van der Waals surface area contributed by atoms with Gasteiger partial charge in [-0.3, -0.25) is 12.2 Å². The number of halogens is 2. The molecule has 0 aliphatic heterocycles. The topological polar surface area (TPSA) is 0 Å². The summed E-state index contributed by atoms with van der Waals surface area (Å²) in [6.07, 6.45) is 11.4. The maximum atomic E-state index is 3.54. The largest absolute Gasteiger partial charge is 4.00 e. The van der Waals surface area contributed by atoms with Crippen molar-refractivity contribution in [2.45, 2.75) is 67.2 Å². The van der Waals surface area contributed by atoms with Crippen molar-refractivity contribution in [3.63, 3.8) is 0 Å². The Morgan fingerprint density at radius 1 is 0.818 bits per heavy atom. The molecule has 0 nitrogen and oxygen atoms in total. The quantitative estimate of drug-likeness (QED) is 0.471. The van der Waals surface area contributed by atoms with Crippen LogP contribution in [0.5, 0.6) is 0 Å². The number of rotatable bonds is 4. The van der Waals surface area contributed by atoms with Crippen molar-refractivity contribution < 1.29 is 46.5 Å². The summed E-state index contributed by atoms with van der Waals surface area (Å²) >= 11 is 0. The molecule has 22 heavy (non-hydrogen) atoms. The molecule has 0 unspecified atom stereocenters. The zero-order valence-corrected chi connectivity index (χ0v) is 17.7. The Morgan fingerprint density at radius 3 is 1.41 bits per heavy atom. The van der Waals surface area contributed by atoms with E-state index < -0.39 is 0 Å². The van der Waals surface area contributed by atoms with Crippen molar-refractivity contribution >= 4 is 0 Å². The van der Waals surface area contributed by atoms with Crippen LogP contribution in [0.4, 0.5) is 0 Å². The average Bonchev–Trinajstić information content (AvgIpc) is 2.92. The van der Waals surface area contributed by atoms with E-state index in [4.69, 9.17) is 0 Å². The van der Waals surface area contributed by atoms with E-state index in [0.29, 0.717) is 0 Å². The van der Waals surface area contributed by atoms with Crippen LogP contribution in [-0.4, -0.2) is 0 Å². The van der Waals surface area contributed by atoms with Gasteiger partial charge in [0.15, 0.2) is 0 Å². The molecule has 0 aromatic rings. The van der Waals surface area contributed by atoms with Crippen LogP contribution in [0, 0.1) is 17.6 Å². The summed E-state index contributed by atoms with van der Waals surface area (Å²) in [4.78, 5) is 0. The van der Waals surface area contributed by atoms with E-state index in [0.717, 1.165) is 25.7 Å². The van der Waals surface area contributed by atoms with Crippen LogP contribution in [0.2, 0.25) is 0 Å². The Balaban J connectivity index is 0. The first kappa shape index (κ1) is 24.5. The maximum Gasteiger partial charge on any atom is 4.00 e. The monoisotopic (exact) mass is 372 g/mol. The van der Waals surface area contributed by atoms with E-state index in [1.807, 2.05) is 0 Å². The number of hydrogen-bond donors (Lipinski definition) is 0. The van der Waals surface area contributed by atoms with Gasteiger partial charge >= 0.3 is 21.7 Å². The van der Waals surface area contributed by atoms with Gasteiger partial charge in [-0.1, -0.05) is 54.4 Å². The molecule has 2 rings (SSSR count). The molecule has 3 heteroatoms. The molecule has 0 heterocycles. The number of allylic oxidation sites excluding steroid dienone is 8. The fourth-order valence-electron chi connectivity index (χ4n) is 3.66. The SMILES string of the molecule is CCC1=C(C(C)(C)C2=C(CC)C(C)=[C-]C2)C[C-]=C1C.[Cl-].[Cl-].[Ti+4]. The summed E-state index contributed by atoms with van der Waals surface area (Å²) in [5.41, 5.74) is 9.16. The fraction of sp³-hybridized carbons (Fsp3) is 0.579. The molecule has 2 aliphatic rings. The van der Waals surface area contributed by atoms with Gasteiger partial charge in [0.05, 0.1) is 0 Å². The van der Waals surface area contributed by atoms with Crippen LogP contribution in [0.3, 0.4) is 0 Å². The number of hydrogen-bond acceptors (Lipinski definition) is 0. The molecule has 0 bridgehead atoms. The Hall–Kier alpha value is 0.254. The van der Waals surface area contributed by atoms with Crippen LogP contribution in [0.15, 0.2) is 33.4 Å². The van der Waals surface area contributed by atoms with Crippen molar-refractivity contribution in [3.8, 4) is 0 Å². The molecule has 0 atom stereocenters. The normalized spacial score (nSPS) is 17.5. The summed E-state index contributed by atoms with van der Waals surface area (Å²) in [5, 5.41) is 0. The van der Waals surface area contributed by atoms with Crippen LogP contribution in [0.1, 0.15) is 67.2 Å². The zero-order valence-electron chi connectivity index (χ0n) is 14.6. The van der Waals surface area contributed by atoms with Crippen molar-refractivity contribution in [1.82, 2.24) is 0 Å². The standard InChI is InChI=1S/C19H26.2ClH.Ti/c1-7-15-13(3)9-11-17(15)19(5,6)18-12-10-14(4)16(18)8-2;;;/h7-8,11-12H2,1-6H3;2*1H;/q-2;;;+4/p-2. The van der Waals surface area contributed by atoms with Gasteiger partial charge in [-0.05, 0) is 5.41 Å². The van der Waals surface area contributed by atoms with Gasteiger partial charge in [-0.25, -0.2) is 11.1 Å². The van der Waals surface area contributed by atoms with Gasteiger partial charge < -0.3 is 24.8 Å². The average molecular weight is 373 g/mol. The second kappa shape index (κ2) is 9.53. The molecule has 0 fully saturated rings. The van der Waals surface area contributed by atoms with Crippen LogP contribution < -0.4 is 24.8 Å². The Kier molecular flexibility index (Phi) is 10.6. The Bertz CT molecular complexity index is 474. The molecule has 0 spiro atoms. The van der Waals surface area contributed by atoms with Crippen LogP contribution >= 0.6 is 0 Å². The van der Waals surface area contributed by atoms with E-state index in [2.05, 4.69) is 53.7 Å². The van der Waals surface area contributed by atoms with Gasteiger partial charge in [-0.2, -0.15) is 22.3 Å². The summed E-state index contributed by atoms with van der Waals surface area (Å²) in [6.45, 7) is 13.7. The molecule has 0 saturated carbocycles. The predicted molar refractivity (Wildman–Crippen MR) is 82.5 cm³/mol. The Morgan fingerprint density at radius 2 is 1.14 bits per heavy atom. The summed E-state index contributed by atoms with van der Waals surface area (Å²) in [7, 11) is 0. The van der Waals surface area contributed by atoms with Crippen LogP contribution in [-0.2, 0) is 21.7 Å². The first-order valence-electron chi connectivity index (χ1n) is 7.54. The summed E-state index contributed by atoms with van der Waals surface area (Å²) in [6, 6.07) is 0. The summed E-state index contributed by atoms with van der Waals surface area (Å²) in [5.74, 6) is 0. The second-order valence-corrected chi connectivity index (χ2v) is 6.20. The van der Waals surface area contributed by atoms with Gasteiger partial charge in [0.2, 0.25) is 0 Å². The first-order valence-corrected chi connectivity index (χ1v) is 7.54. The van der Waals surface area contributed by atoms with E-state index in [-0.39, 0.29) is 51.9 Å². The molecule has 0 amide bonds. The second-order valence-electron chi connectivity index (χ2n) is 6.20. The van der Waals surface area contributed by atoms with E-state index in [1.54, 1.807) is 11.1 Å². The molecule has 120 valence electrons.